The molecule has 2 N–H and O–H groups in total. The van der Waals surface area contributed by atoms with Crippen LogP contribution in [0, 0.1) is 16.7 Å². The Bertz CT molecular complexity index is 318. The molecule has 0 aromatic carbocycles. The topological polar surface area (TPSA) is 57.5 Å². The van der Waals surface area contributed by atoms with Crippen molar-refractivity contribution in [2.24, 2.45) is 16.7 Å². The van der Waals surface area contributed by atoms with Crippen molar-refractivity contribution in [1.82, 2.24) is 0 Å². The third-order valence-corrected chi connectivity index (χ3v) is 4.77. The molecule has 4 fully saturated rings. The van der Waals surface area contributed by atoms with Gasteiger partial charge in [0.25, 0.3) is 0 Å². The summed E-state index contributed by atoms with van der Waals surface area (Å²) >= 11 is 0. The number of aliphatic carboxylic acids is 1. The standard InChI is InChI=1S/C12H18O3/c1-10-2-8-3-11(5-10,9(13)14)7-12(15,4-8)6-10/h8,15H,2-7H2,1H3,(H,13,14). The van der Waals surface area contributed by atoms with Crippen LogP contribution in [-0.2, 0) is 4.79 Å². The van der Waals surface area contributed by atoms with E-state index in [0.29, 0.717) is 12.3 Å². The molecule has 0 radical (unpaired) electrons. The van der Waals surface area contributed by atoms with Crippen molar-refractivity contribution in [2.45, 2.75) is 51.0 Å². The lowest BCUT2D eigenvalue weighted by Gasteiger charge is -2.62. The second kappa shape index (κ2) is 2.40. The Hall–Kier alpha value is -0.570. The molecule has 0 spiro atoms. The molecule has 0 aromatic heterocycles. The van der Waals surface area contributed by atoms with Gasteiger partial charge in [0, 0.05) is 0 Å². The van der Waals surface area contributed by atoms with Gasteiger partial charge in [-0.1, -0.05) is 6.92 Å². The van der Waals surface area contributed by atoms with Crippen LogP contribution >= 0.6 is 0 Å². The normalized spacial score (nSPS) is 57.1. The summed E-state index contributed by atoms with van der Waals surface area (Å²) in [6, 6.07) is 0. The van der Waals surface area contributed by atoms with Gasteiger partial charge in [-0.25, -0.2) is 0 Å². The molecule has 3 nitrogen and oxygen atoms in total. The summed E-state index contributed by atoms with van der Waals surface area (Å²) in [6.45, 7) is 2.15. The Morgan fingerprint density at radius 2 is 1.93 bits per heavy atom. The molecular formula is C12H18O3. The van der Waals surface area contributed by atoms with E-state index in [1.807, 2.05) is 0 Å². The molecule has 4 aliphatic carbocycles. The summed E-state index contributed by atoms with van der Waals surface area (Å²) in [5, 5.41) is 19.8. The molecule has 4 saturated carbocycles. The molecule has 84 valence electrons. The van der Waals surface area contributed by atoms with E-state index in [9.17, 15) is 15.0 Å². The van der Waals surface area contributed by atoms with Gasteiger partial charge in [-0.15, -0.1) is 0 Å². The number of rotatable bonds is 1. The van der Waals surface area contributed by atoms with Crippen LogP contribution < -0.4 is 0 Å². The number of carboxylic acids is 1. The van der Waals surface area contributed by atoms with E-state index >= 15 is 0 Å². The molecule has 4 unspecified atom stereocenters. The first-order valence-electron chi connectivity index (χ1n) is 5.81. The highest BCUT2D eigenvalue weighted by Crippen LogP contribution is 2.66. The average Bonchev–Trinajstić information content (AvgIpc) is 1.95. The maximum Gasteiger partial charge on any atom is 0.309 e. The van der Waals surface area contributed by atoms with E-state index in [1.54, 1.807) is 0 Å². The SMILES string of the molecule is CC12CC3CC(O)(C1)CC(C(=O)O)(C3)C2. The highest BCUT2D eigenvalue weighted by atomic mass is 16.4. The molecule has 4 aliphatic rings. The minimum Gasteiger partial charge on any atom is -0.481 e. The van der Waals surface area contributed by atoms with Gasteiger partial charge in [0.15, 0.2) is 0 Å². The Balaban J connectivity index is 2.05. The van der Waals surface area contributed by atoms with Crippen molar-refractivity contribution in [2.75, 3.05) is 0 Å². The monoisotopic (exact) mass is 210 g/mol. The third kappa shape index (κ3) is 1.19. The fourth-order valence-corrected chi connectivity index (χ4v) is 5.10. The van der Waals surface area contributed by atoms with Crippen LogP contribution in [0.15, 0.2) is 0 Å². The maximum atomic E-state index is 11.4. The van der Waals surface area contributed by atoms with Gasteiger partial charge in [-0.2, -0.15) is 0 Å². The molecule has 4 atom stereocenters. The quantitative estimate of drug-likeness (QED) is 0.693. The number of carboxylic acid groups (broad SMARTS) is 1. The van der Waals surface area contributed by atoms with Gasteiger partial charge in [0.1, 0.15) is 0 Å². The number of hydrogen-bond donors (Lipinski definition) is 2. The van der Waals surface area contributed by atoms with Crippen LogP contribution in [-0.4, -0.2) is 21.8 Å². The lowest BCUT2D eigenvalue weighted by Crippen LogP contribution is -2.61. The summed E-state index contributed by atoms with van der Waals surface area (Å²) in [5.41, 5.74) is -1.21. The Labute approximate surface area is 89.5 Å². The molecule has 4 bridgehead atoms. The summed E-state index contributed by atoms with van der Waals surface area (Å²) in [5.74, 6) is -0.247. The molecule has 0 heterocycles. The minimum absolute atomic E-state index is 0.0759. The molecule has 15 heavy (non-hydrogen) atoms. The summed E-state index contributed by atoms with van der Waals surface area (Å²) < 4.78 is 0. The van der Waals surface area contributed by atoms with E-state index in [-0.39, 0.29) is 5.41 Å². The van der Waals surface area contributed by atoms with E-state index in [4.69, 9.17) is 0 Å². The summed E-state index contributed by atoms with van der Waals surface area (Å²) in [4.78, 5) is 11.4. The second-order valence-electron chi connectivity index (χ2n) is 6.63. The minimum atomic E-state index is -0.684. The zero-order valence-electron chi connectivity index (χ0n) is 9.12. The number of hydrogen-bond acceptors (Lipinski definition) is 2. The number of aliphatic hydroxyl groups is 1. The van der Waals surface area contributed by atoms with Gasteiger partial charge >= 0.3 is 5.97 Å². The average molecular weight is 210 g/mol. The van der Waals surface area contributed by atoms with Gasteiger partial charge in [-0.3, -0.25) is 4.79 Å². The van der Waals surface area contributed by atoms with E-state index in [0.717, 1.165) is 32.1 Å². The van der Waals surface area contributed by atoms with Gasteiger partial charge in [0.05, 0.1) is 11.0 Å². The summed E-state index contributed by atoms with van der Waals surface area (Å²) in [7, 11) is 0. The van der Waals surface area contributed by atoms with Crippen molar-refractivity contribution >= 4 is 5.97 Å². The first-order chi connectivity index (χ1) is 6.85. The van der Waals surface area contributed by atoms with Gasteiger partial charge in [-0.05, 0) is 49.9 Å². The van der Waals surface area contributed by atoms with Crippen molar-refractivity contribution in [3.63, 3.8) is 0 Å². The van der Waals surface area contributed by atoms with Crippen LogP contribution in [0.25, 0.3) is 0 Å². The van der Waals surface area contributed by atoms with E-state index < -0.39 is 17.0 Å². The molecule has 4 rings (SSSR count). The third-order valence-electron chi connectivity index (χ3n) is 4.77. The Kier molecular flexibility index (Phi) is 1.54. The van der Waals surface area contributed by atoms with Crippen molar-refractivity contribution < 1.29 is 15.0 Å². The highest BCUT2D eigenvalue weighted by molar-refractivity contribution is 5.75. The van der Waals surface area contributed by atoms with Crippen LogP contribution in [0.3, 0.4) is 0 Å². The fraction of sp³-hybridized carbons (Fsp3) is 0.917. The molecule has 0 saturated heterocycles. The smallest absolute Gasteiger partial charge is 0.309 e. The largest absolute Gasteiger partial charge is 0.481 e. The first kappa shape index (κ1) is 9.64. The zero-order chi connectivity index (χ0) is 10.9. The Morgan fingerprint density at radius 3 is 2.47 bits per heavy atom. The molecular weight excluding hydrogens is 192 g/mol. The van der Waals surface area contributed by atoms with Crippen molar-refractivity contribution in [1.29, 1.82) is 0 Å². The van der Waals surface area contributed by atoms with Crippen LogP contribution in [0.4, 0.5) is 0 Å². The predicted octanol–water partition coefficient (Wildman–Crippen LogP) is 1.79. The lowest BCUT2D eigenvalue weighted by molar-refractivity contribution is -0.209. The number of carbonyl (C=O) groups is 1. The molecule has 0 aliphatic heterocycles. The van der Waals surface area contributed by atoms with Crippen LogP contribution in [0.1, 0.15) is 45.4 Å². The lowest BCUT2D eigenvalue weighted by atomic mass is 9.43. The van der Waals surface area contributed by atoms with E-state index in [2.05, 4.69) is 6.92 Å². The highest BCUT2D eigenvalue weighted by Gasteiger charge is 2.64. The summed E-state index contributed by atoms with van der Waals surface area (Å²) in [6.07, 6.45) is 4.81. The van der Waals surface area contributed by atoms with Crippen molar-refractivity contribution in [3.05, 3.63) is 0 Å². The van der Waals surface area contributed by atoms with Gasteiger partial charge in [0.2, 0.25) is 0 Å². The Morgan fingerprint density at radius 1 is 1.20 bits per heavy atom. The van der Waals surface area contributed by atoms with Gasteiger partial charge < -0.3 is 10.2 Å². The molecule has 3 heteroatoms. The fourth-order valence-electron chi connectivity index (χ4n) is 5.10. The molecule has 0 aromatic rings. The second-order valence-corrected chi connectivity index (χ2v) is 6.63. The predicted molar refractivity (Wildman–Crippen MR) is 54.3 cm³/mol. The maximum absolute atomic E-state index is 11.4. The molecule has 0 amide bonds. The zero-order valence-corrected chi connectivity index (χ0v) is 9.12. The van der Waals surface area contributed by atoms with E-state index in [1.165, 1.54) is 0 Å². The van der Waals surface area contributed by atoms with Crippen LogP contribution in [0.2, 0.25) is 0 Å². The van der Waals surface area contributed by atoms with Crippen LogP contribution in [0.5, 0.6) is 0 Å². The first-order valence-corrected chi connectivity index (χ1v) is 5.81. The van der Waals surface area contributed by atoms with Crippen molar-refractivity contribution in [3.8, 4) is 0 Å².